The van der Waals surface area contributed by atoms with Crippen molar-refractivity contribution >= 4 is 10.8 Å². The lowest BCUT2D eigenvalue weighted by atomic mass is 10.1. The quantitative estimate of drug-likeness (QED) is 0.794. The van der Waals surface area contributed by atoms with Gasteiger partial charge in [0.1, 0.15) is 5.75 Å². The first kappa shape index (κ1) is 13.5. The highest BCUT2D eigenvalue weighted by molar-refractivity contribution is 5.88. The highest BCUT2D eigenvalue weighted by atomic mass is 16.5. The molecule has 3 aromatic rings. The summed E-state index contributed by atoms with van der Waals surface area (Å²) in [5.41, 5.74) is 1.99. The average molecular weight is 279 g/mol. The Bertz CT molecular complexity index is 771. The van der Waals surface area contributed by atoms with E-state index in [0.717, 1.165) is 34.3 Å². The van der Waals surface area contributed by atoms with Crippen LogP contribution in [0.25, 0.3) is 10.8 Å². The van der Waals surface area contributed by atoms with E-state index < -0.39 is 0 Å². The molecule has 4 nitrogen and oxygen atoms in total. The van der Waals surface area contributed by atoms with E-state index in [1.54, 1.807) is 0 Å². The summed E-state index contributed by atoms with van der Waals surface area (Å²) in [6.45, 7) is 2.70. The summed E-state index contributed by atoms with van der Waals surface area (Å²) in [6, 6.07) is 16.0. The smallest absolute Gasteiger partial charge is 0.246 e. The standard InChI is InChI=1S/C17H17N3O/c1-12-14-8-4-5-9-15(14)17(20-19-12)21-16-10-6-3-7-13(16)11-18-2/h3-10,18H,11H2,1-2H3. The minimum Gasteiger partial charge on any atom is -0.437 e. The molecule has 21 heavy (non-hydrogen) atoms. The molecular formula is C17H17N3O. The fourth-order valence-corrected chi connectivity index (χ4v) is 2.33. The van der Waals surface area contributed by atoms with Crippen molar-refractivity contribution in [2.75, 3.05) is 7.05 Å². The van der Waals surface area contributed by atoms with Crippen LogP contribution in [-0.2, 0) is 6.54 Å². The van der Waals surface area contributed by atoms with Crippen molar-refractivity contribution in [1.82, 2.24) is 15.5 Å². The molecule has 0 aliphatic carbocycles. The molecular weight excluding hydrogens is 262 g/mol. The molecule has 2 aromatic carbocycles. The Balaban J connectivity index is 2.05. The lowest BCUT2D eigenvalue weighted by Gasteiger charge is -2.12. The summed E-state index contributed by atoms with van der Waals surface area (Å²) in [5.74, 6) is 1.34. The second-order valence-electron chi connectivity index (χ2n) is 4.88. The van der Waals surface area contributed by atoms with E-state index in [1.807, 2.05) is 62.5 Å². The van der Waals surface area contributed by atoms with E-state index in [9.17, 15) is 0 Å². The Labute approximate surface area is 123 Å². The van der Waals surface area contributed by atoms with Crippen molar-refractivity contribution in [1.29, 1.82) is 0 Å². The van der Waals surface area contributed by atoms with Crippen LogP contribution < -0.4 is 10.1 Å². The Morgan fingerprint density at radius 2 is 1.67 bits per heavy atom. The number of benzene rings is 2. The number of fused-ring (bicyclic) bond motifs is 1. The van der Waals surface area contributed by atoms with Crippen molar-refractivity contribution < 1.29 is 4.74 Å². The van der Waals surface area contributed by atoms with E-state index in [-0.39, 0.29) is 0 Å². The molecule has 1 aromatic heterocycles. The number of hydrogen-bond acceptors (Lipinski definition) is 4. The van der Waals surface area contributed by atoms with Crippen LogP contribution in [0.5, 0.6) is 11.6 Å². The van der Waals surface area contributed by atoms with Crippen LogP contribution in [0.2, 0.25) is 0 Å². The monoisotopic (exact) mass is 279 g/mol. The molecule has 0 aliphatic heterocycles. The number of ether oxygens (including phenoxy) is 1. The van der Waals surface area contributed by atoms with Crippen LogP contribution >= 0.6 is 0 Å². The molecule has 0 fully saturated rings. The van der Waals surface area contributed by atoms with Crippen LogP contribution in [0.4, 0.5) is 0 Å². The minimum absolute atomic E-state index is 0.541. The highest BCUT2D eigenvalue weighted by Crippen LogP contribution is 2.30. The summed E-state index contributed by atoms with van der Waals surface area (Å²) < 4.78 is 6.02. The predicted molar refractivity (Wildman–Crippen MR) is 83.6 cm³/mol. The largest absolute Gasteiger partial charge is 0.437 e. The topological polar surface area (TPSA) is 47.0 Å². The zero-order chi connectivity index (χ0) is 14.7. The second kappa shape index (κ2) is 5.89. The van der Waals surface area contributed by atoms with Crippen molar-refractivity contribution in [3.63, 3.8) is 0 Å². The molecule has 106 valence electrons. The van der Waals surface area contributed by atoms with Gasteiger partial charge in [-0.1, -0.05) is 36.4 Å². The molecule has 3 rings (SSSR count). The number of hydrogen-bond donors (Lipinski definition) is 1. The van der Waals surface area contributed by atoms with Crippen LogP contribution in [0, 0.1) is 6.92 Å². The Morgan fingerprint density at radius 1 is 0.952 bits per heavy atom. The maximum absolute atomic E-state index is 6.02. The van der Waals surface area contributed by atoms with Crippen LogP contribution in [0.3, 0.4) is 0 Å². The van der Waals surface area contributed by atoms with Crippen LogP contribution in [0.15, 0.2) is 48.5 Å². The Kier molecular flexibility index (Phi) is 3.79. The zero-order valence-corrected chi connectivity index (χ0v) is 12.1. The summed E-state index contributed by atoms with van der Waals surface area (Å²) in [7, 11) is 1.91. The normalized spacial score (nSPS) is 10.8. The fourth-order valence-electron chi connectivity index (χ4n) is 2.33. The van der Waals surface area contributed by atoms with Gasteiger partial charge in [-0.05, 0) is 26.1 Å². The molecule has 1 heterocycles. The average Bonchev–Trinajstić information content (AvgIpc) is 2.52. The van der Waals surface area contributed by atoms with E-state index >= 15 is 0 Å². The predicted octanol–water partition coefficient (Wildman–Crippen LogP) is 3.45. The SMILES string of the molecule is CNCc1ccccc1Oc1nnc(C)c2ccccc12. The van der Waals surface area contributed by atoms with E-state index in [4.69, 9.17) is 4.74 Å². The van der Waals surface area contributed by atoms with Gasteiger partial charge in [-0.2, -0.15) is 5.10 Å². The molecule has 0 unspecified atom stereocenters. The second-order valence-corrected chi connectivity index (χ2v) is 4.88. The number of para-hydroxylation sites is 1. The number of nitrogens with one attached hydrogen (secondary N) is 1. The summed E-state index contributed by atoms with van der Waals surface area (Å²) in [5, 5.41) is 13.6. The Hall–Kier alpha value is -2.46. The van der Waals surface area contributed by atoms with Gasteiger partial charge in [-0.25, -0.2) is 0 Å². The summed E-state index contributed by atoms with van der Waals surface area (Å²) >= 11 is 0. The van der Waals surface area contributed by atoms with E-state index in [0.29, 0.717) is 5.88 Å². The molecule has 0 spiro atoms. The number of rotatable bonds is 4. The first-order valence-electron chi connectivity index (χ1n) is 6.92. The Morgan fingerprint density at radius 3 is 2.48 bits per heavy atom. The van der Waals surface area contributed by atoms with Gasteiger partial charge in [0.05, 0.1) is 5.69 Å². The number of nitrogens with zero attached hydrogens (tertiary/aromatic N) is 2. The lowest BCUT2D eigenvalue weighted by Crippen LogP contribution is -2.06. The highest BCUT2D eigenvalue weighted by Gasteiger charge is 2.10. The third-order valence-electron chi connectivity index (χ3n) is 3.38. The van der Waals surface area contributed by atoms with Gasteiger partial charge < -0.3 is 10.1 Å². The van der Waals surface area contributed by atoms with Crippen molar-refractivity contribution in [2.45, 2.75) is 13.5 Å². The van der Waals surface area contributed by atoms with Crippen molar-refractivity contribution in [2.24, 2.45) is 0 Å². The molecule has 0 saturated carbocycles. The summed E-state index contributed by atoms with van der Waals surface area (Å²) in [6.07, 6.45) is 0. The van der Waals surface area contributed by atoms with Crippen LogP contribution in [-0.4, -0.2) is 17.2 Å². The van der Waals surface area contributed by atoms with Gasteiger partial charge in [0.25, 0.3) is 0 Å². The van der Waals surface area contributed by atoms with Gasteiger partial charge in [-0.3, -0.25) is 0 Å². The molecule has 4 heteroatoms. The minimum atomic E-state index is 0.541. The molecule has 0 radical (unpaired) electrons. The molecule has 0 atom stereocenters. The van der Waals surface area contributed by atoms with Gasteiger partial charge in [0.15, 0.2) is 0 Å². The number of aryl methyl sites for hydroxylation is 1. The van der Waals surface area contributed by atoms with Gasteiger partial charge >= 0.3 is 0 Å². The number of aromatic nitrogens is 2. The maximum atomic E-state index is 6.02. The first-order valence-corrected chi connectivity index (χ1v) is 6.92. The third-order valence-corrected chi connectivity index (χ3v) is 3.38. The van der Waals surface area contributed by atoms with Crippen molar-refractivity contribution in [3.05, 3.63) is 59.8 Å². The molecule has 0 amide bonds. The fraction of sp³-hybridized carbons (Fsp3) is 0.176. The maximum Gasteiger partial charge on any atom is 0.246 e. The van der Waals surface area contributed by atoms with Gasteiger partial charge in [-0.15, -0.1) is 5.10 Å². The van der Waals surface area contributed by atoms with Crippen LogP contribution in [0.1, 0.15) is 11.3 Å². The lowest BCUT2D eigenvalue weighted by molar-refractivity contribution is 0.454. The molecule has 0 saturated heterocycles. The molecule has 0 aliphatic rings. The van der Waals surface area contributed by atoms with Gasteiger partial charge in [0, 0.05) is 22.9 Å². The summed E-state index contributed by atoms with van der Waals surface area (Å²) in [4.78, 5) is 0. The van der Waals surface area contributed by atoms with Crippen molar-refractivity contribution in [3.8, 4) is 11.6 Å². The first-order chi connectivity index (χ1) is 10.3. The van der Waals surface area contributed by atoms with Gasteiger partial charge in [0.2, 0.25) is 5.88 Å². The zero-order valence-electron chi connectivity index (χ0n) is 12.1. The van der Waals surface area contributed by atoms with E-state index in [1.165, 1.54) is 0 Å². The molecule has 0 bridgehead atoms. The third kappa shape index (κ3) is 2.71. The molecule has 1 N–H and O–H groups in total. The van der Waals surface area contributed by atoms with E-state index in [2.05, 4.69) is 15.5 Å².